The lowest BCUT2D eigenvalue weighted by Crippen LogP contribution is -2.72. The number of fused-ring (bicyclic) bond motifs is 7. The summed E-state index contributed by atoms with van der Waals surface area (Å²) in [6.07, 6.45) is -19.1. The highest BCUT2D eigenvalue weighted by Crippen LogP contribution is 2.65. The number of nitrogens with zero attached hydrogens (tertiary/aromatic N) is 3. The van der Waals surface area contributed by atoms with Crippen LogP contribution in [0.4, 0.5) is 0 Å². The number of ketones is 5. The molecule has 98 heavy (non-hydrogen) atoms. The molecule has 28 heteroatoms. The molecule has 0 aromatic heterocycles. The molecule has 12 rings (SSSR count). The number of allylic oxidation sites excluding steroid dienone is 3. The van der Waals surface area contributed by atoms with E-state index in [0.717, 1.165) is 24.3 Å². The minimum Gasteiger partial charge on any atom is -0.506 e. The quantitative estimate of drug-likeness (QED) is 0.0367. The van der Waals surface area contributed by atoms with Gasteiger partial charge in [0.15, 0.2) is 59.2 Å². The highest BCUT2D eigenvalue weighted by atomic mass is 16.7. The lowest BCUT2D eigenvalue weighted by Gasteiger charge is -2.60. The summed E-state index contributed by atoms with van der Waals surface area (Å²) in [4.78, 5) is 111. The highest BCUT2D eigenvalue weighted by molar-refractivity contribution is 6.34. The maximum absolute atomic E-state index is 18.0. The molecule has 0 radical (unpaired) electrons. The van der Waals surface area contributed by atoms with E-state index in [0.29, 0.717) is 0 Å². The molecule has 0 bridgehead atoms. The minimum absolute atomic E-state index is 0.0854. The highest BCUT2D eigenvalue weighted by Gasteiger charge is 2.75. The Balaban J connectivity index is 1.20. The monoisotopic (exact) mass is 1370 g/mol. The van der Waals surface area contributed by atoms with Gasteiger partial charge >= 0.3 is 0 Å². The number of likely N-dealkylation sites (N-methyl/N-ethyl adjacent to an activating group) is 2. The van der Waals surface area contributed by atoms with Gasteiger partial charge in [0.05, 0.1) is 107 Å². The van der Waals surface area contributed by atoms with E-state index in [9.17, 15) is 44.7 Å². The van der Waals surface area contributed by atoms with Gasteiger partial charge in [-0.05, 0) is 105 Å². The number of rotatable bonds is 17. The fraction of sp³-hybridized carbons (Fsp3) is 0.686. The Hall–Kier alpha value is -5.74. The zero-order chi connectivity index (χ0) is 71.0. The molecule has 536 valence electrons. The lowest BCUT2D eigenvalue weighted by molar-refractivity contribution is -0.359. The van der Waals surface area contributed by atoms with Crippen molar-refractivity contribution in [3.05, 3.63) is 72.4 Å². The fourth-order valence-electron chi connectivity index (χ4n) is 19.3. The lowest BCUT2D eigenvalue weighted by atomic mass is 9.51. The molecule has 3 aromatic carbocycles. The van der Waals surface area contributed by atoms with Gasteiger partial charge in [-0.25, -0.2) is 0 Å². The Bertz CT molecular complexity index is 3860. The van der Waals surface area contributed by atoms with Gasteiger partial charge in [-0.15, -0.1) is 0 Å². The van der Waals surface area contributed by atoms with Crippen molar-refractivity contribution in [2.75, 3.05) is 56.6 Å². The molecule has 27 atom stereocenters. The number of Topliss-reactive ketones (excluding diaryl/α,β-unsaturated/α-hetero) is 3. The third-order valence-electron chi connectivity index (χ3n) is 23.2. The Labute approximate surface area is 565 Å². The number of nitrogens with two attached hydrogens (primary N) is 1. The molecule has 28 nitrogen and oxygen atoms in total. The van der Waals surface area contributed by atoms with Crippen LogP contribution in [0.25, 0.3) is 21.5 Å². The summed E-state index contributed by atoms with van der Waals surface area (Å²) in [5.41, 5.74) is -8.40. The van der Waals surface area contributed by atoms with E-state index in [1.54, 1.807) is 79.5 Å². The zero-order valence-corrected chi connectivity index (χ0v) is 57.6. The molecule has 2 saturated carbocycles. The number of carbonyl (C=O) groups excluding carboxylic acids is 5. The van der Waals surface area contributed by atoms with Crippen molar-refractivity contribution < 1.29 is 106 Å². The molecule has 4 saturated heterocycles. The van der Waals surface area contributed by atoms with Gasteiger partial charge in [0.25, 0.3) is 0 Å². The predicted molar refractivity (Wildman–Crippen MR) is 344 cm³/mol. The summed E-state index contributed by atoms with van der Waals surface area (Å²) in [6, 6.07) is 0.646. The van der Waals surface area contributed by atoms with Crippen LogP contribution in [0.1, 0.15) is 109 Å². The first-order valence-corrected chi connectivity index (χ1v) is 33.9. The van der Waals surface area contributed by atoms with Crippen molar-refractivity contribution >= 4 is 50.5 Å². The van der Waals surface area contributed by atoms with E-state index < -0.39 is 258 Å². The number of ether oxygens (including phenoxy) is 12. The Morgan fingerprint density at radius 2 is 1.08 bits per heavy atom. The number of hydrogen-bond acceptors (Lipinski definition) is 28. The second kappa shape index (κ2) is 27.2. The average Bonchev–Trinajstić information content (AvgIpc) is 1.65. The summed E-state index contributed by atoms with van der Waals surface area (Å²) in [6.45, 7) is 10.3. The maximum Gasteiger partial charge on any atom is 0.190 e. The average molecular weight is 1370 g/mol. The summed E-state index contributed by atoms with van der Waals surface area (Å²) in [7, 11) is 13.0. The molecule has 4 aliphatic heterocycles. The number of methoxy groups -OCH3 is 4. The van der Waals surface area contributed by atoms with Crippen LogP contribution < -0.4 is 22.1 Å². The van der Waals surface area contributed by atoms with Crippen LogP contribution in [0.2, 0.25) is 0 Å². The number of aromatic hydroxyl groups is 2. The summed E-state index contributed by atoms with van der Waals surface area (Å²) < 4.78 is 81.6. The third kappa shape index (κ3) is 11.1. The number of aliphatic hydroxyl groups excluding tert-OH is 3. The van der Waals surface area contributed by atoms with E-state index >= 15 is 14.4 Å². The van der Waals surface area contributed by atoms with Crippen molar-refractivity contribution in [2.45, 2.75) is 214 Å². The molecule has 5 unspecified atom stereocenters. The Kier molecular flexibility index (Phi) is 20.0. The van der Waals surface area contributed by atoms with Gasteiger partial charge in [-0.1, -0.05) is 13.8 Å². The first-order chi connectivity index (χ1) is 46.5. The molecule has 4 heterocycles. The second-order valence-electron chi connectivity index (χ2n) is 28.5. The summed E-state index contributed by atoms with van der Waals surface area (Å²) in [5.74, 6) is -9.55. The first-order valence-electron chi connectivity index (χ1n) is 33.9. The number of phenols is 2. The topological polar surface area (TPSA) is 376 Å². The zero-order valence-electron chi connectivity index (χ0n) is 57.6. The second-order valence-corrected chi connectivity index (χ2v) is 28.5. The van der Waals surface area contributed by atoms with Gasteiger partial charge in [0.1, 0.15) is 52.2 Å². The van der Waals surface area contributed by atoms with E-state index in [2.05, 4.69) is 5.10 Å². The van der Waals surface area contributed by atoms with Crippen LogP contribution in [0.5, 0.6) is 11.5 Å². The summed E-state index contributed by atoms with van der Waals surface area (Å²) >= 11 is 0. The van der Waals surface area contributed by atoms with Crippen LogP contribution in [0.3, 0.4) is 0 Å². The number of aliphatic hydroxyl groups is 3. The number of benzene rings is 2. The van der Waals surface area contributed by atoms with Crippen LogP contribution >= 0.6 is 0 Å². The minimum atomic E-state index is -2.43. The third-order valence-corrected chi connectivity index (χ3v) is 23.2. The Morgan fingerprint density at radius 1 is 0.592 bits per heavy atom. The van der Waals surface area contributed by atoms with Crippen LogP contribution in [0, 0.1) is 35.5 Å². The van der Waals surface area contributed by atoms with Gasteiger partial charge in [0.2, 0.25) is 0 Å². The van der Waals surface area contributed by atoms with Crippen molar-refractivity contribution in [3.63, 3.8) is 0 Å². The van der Waals surface area contributed by atoms with E-state index in [4.69, 9.17) is 62.7 Å². The molecule has 7 N–H and O–H groups in total. The molecular weight excluding hydrogens is 1280 g/mol. The molecule has 5 aliphatic carbocycles. The van der Waals surface area contributed by atoms with Gasteiger partial charge in [0, 0.05) is 94.0 Å². The molecule has 0 amide bonds. The largest absolute Gasteiger partial charge is 0.506 e. The first kappa shape index (κ1) is 72.1. The number of hydrogen-bond donors (Lipinski definition) is 6. The Morgan fingerprint density at radius 3 is 1.56 bits per heavy atom. The predicted octanol–water partition coefficient (Wildman–Crippen LogP) is 1.56. The van der Waals surface area contributed by atoms with Crippen LogP contribution in [-0.2, 0) is 76.0 Å². The van der Waals surface area contributed by atoms with Gasteiger partial charge in [-0.3, -0.25) is 33.6 Å². The van der Waals surface area contributed by atoms with E-state index in [1.165, 1.54) is 28.4 Å². The maximum atomic E-state index is 18.0. The van der Waals surface area contributed by atoms with Crippen LogP contribution in [-0.4, -0.2) is 243 Å². The van der Waals surface area contributed by atoms with E-state index in [1.807, 2.05) is 0 Å². The normalized spacial score (nSPS) is 41.6. The number of carbonyl (C=O) groups is 5. The summed E-state index contributed by atoms with van der Waals surface area (Å²) in [5, 5.41) is 64.5. The molecule has 3 aromatic rings. The van der Waals surface area contributed by atoms with Gasteiger partial charge in [-0.2, -0.15) is 5.10 Å². The van der Waals surface area contributed by atoms with Crippen molar-refractivity contribution in [3.8, 4) is 11.5 Å². The smallest absolute Gasteiger partial charge is 0.190 e. The van der Waals surface area contributed by atoms with Crippen molar-refractivity contribution in [1.29, 1.82) is 0 Å². The van der Waals surface area contributed by atoms with Crippen LogP contribution in [0.15, 0.2) is 50.1 Å². The van der Waals surface area contributed by atoms with Crippen molar-refractivity contribution in [2.24, 2.45) is 46.5 Å². The van der Waals surface area contributed by atoms with E-state index in [-0.39, 0.29) is 50.5 Å². The van der Waals surface area contributed by atoms with Crippen molar-refractivity contribution in [1.82, 2.24) is 9.80 Å². The van der Waals surface area contributed by atoms with Gasteiger partial charge < -0.3 is 98.0 Å². The molecule has 6 fully saturated rings. The fourth-order valence-corrected chi connectivity index (χ4v) is 19.3. The molecular formula is C70H92N4O24. The molecule has 0 spiro atoms. The molecule has 9 aliphatic rings. The standard InChI is InChI=1S/C70H92N4O24/c1-15-69(97-42-24-38(87-11)65(89-13)28(5)93-42)54(63(85)45-31(67(69)95-40-22-36(79)57(73(7)8)26(3)91-40)21-30-44(45)60(82)47-33(76)18-17-32(75)46(47)59(30)81)55-64(86)51-50-52(62(84)49-35(78)20-19-34(77)48(49)61(50)83)56(72-71)53(51)68(96-41-23-37(80)58(74(9)10)27(4)92-41)70(55,16-2)98-43-25-39(88-12)66(90-14)29(6)94-43/h17-20,26-31,36-45,54-55,57-58,60,65-68,79-80,82-84H,15-16,21-25,71H2,1-14H3/t26-,27-,28-,29-,30?,31?,36-,37-,38-,39-,40+,41+,42-,43-,44?,45?,54-,55-,57-,58-,60?,65-,66-,67+,68+,69-,70-/m0/s1. The number of phenolic OH excluding ortho intramolecular Hbond substituents is 2. The SMILES string of the molecule is CC[C@@]1(O[C@H]2C[C@H](OC)[C@@H](OC)[C@H](C)O2)[C@H](O[C@@H]2C[C@H](O)[C@@H](N(C)C)[C@H](C)O2)c2c(c3c(O)c4c(=O)ccc(=O)c4c(O)c3c2=NN)C(=O)[C@@H]1[C@H]1C(=O)C2C3C(O)C4=C(C(=O)C=CC4=O)C(=O)C3CC2[C@@H](O[C@@H]2C[C@H](O)[C@@H](N(C)C)[C@H](C)O2)[C@@]1(CC)O[C@H]1C[C@H](OC)[C@@H](OC)[C@H](C)O1.